The summed E-state index contributed by atoms with van der Waals surface area (Å²) < 4.78 is 0. The molecule has 0 aromatic carbocycles. The van der Waals surface area contributed by atoms with Gasteiger partial charge in [0.05, 0.1) is 6.04 Å². The zero-order chi connectivity index (χ0) is 11.3. The first-order chi connectivity index (χ1) is 7.13. The third-order valence-electron chi connectivity index (χ3n) is 2.28. The Morgan fingerprint density at radius 2 is 2.33 bits per heavy atom. The largest absolute Gasteiger partial charge is 0.349 e. The van der Waals surface area contributed by atoms with Crippen LogP contribution in [0.4, 0.5) is 0 Å². The van der Waals surface area contributed by atoms with Gasteiger partial charge < -0.3 is 11.1 Å². The minimum atomic E-state index is 0.0776. The lowest BCUT2D eigenvalue weighted by Crippen LogP contribution is -2.29. The van der Waals surface area contributed by atoms with Crippen LogP contribution in [0.3, 0.4) is 0 Å². The number of nitrogens with one attached hydrogen (secondary N) is 1. The van der Waals surface area contributed by atoms with Gasteiger partial charge in [-0.15, -0.1) is 11.3 Å². The standard InChI is InChI=1S/C11H18N2OS/c1-8(7-12)6-11(14)13-9(2)10-4-3-5-15-10/h3-5,8-9H,6-7,12H2,1-2H3,(H,13,14). The highest BCUT2D eigenvalue weighted by Gasteiger charge is 2.12. The summed E-state index contributed by atoms with van der Waals surface area (Å²) in [6.45, 7) is 4.53. The van der Waals surface area contributed by atoms with Gasteiger partial charge >= 0.3 is 0 Å². The highest BCUT2D eigenvalue weighted by Crippen LogP contribution is 2.18. The van der Waals surface area contributed by atoms with Crippen molar-refractivity contribution in [3.63, 3.8) is 0 Å². The van der Waals surface area contributed by atoms with Gasteiger partial charge in [-0.2, -0.15) is 0 Å². The van der Waals surface area contributed by atoms with Crippen molar-refractivity contribution in [2.24, 2.45) is 11.7 Å². The van der Waals surface area contributed by atoms with Crippen LogP contribution < -0.4 is 11.1 Å². The van der Waals surface area contributed by atoms with Crippen molar-refractivity contribution < 1.29 is 4.79 Å². The van der Waals surface area contributed by atoms with Crippen molar-refractivity contribution in [3.05, 3.63) is 22.4 Å². The molecule has 0 spiro atoms. The molecular formula is C11H18N2OS. The molecule has 0 aliphatic carbocycles. The van der Waals surface area contributed by atoms with Gasteiger partial charge in [0.2, 0.25) is 5.91 Å². The van der Waals surface area contributed by atoms with Crippen LogP contribution >= 0.6 is 11.3 Å². The van der Waals surface area contributed by atoms with Crippen LogP contribution in [0.2, 0.25) is 0 Å². The van der Waals surface area contributed by atoms with Gasteiger partial charge in [0.15, 0.2) is 0 Å². The highest BCUT2D eigenvalue weighted by molar-refractivity contribution is 7.10. The molecule has 3 N–H and O–H groups in total. The topological polar surface area (TPSA) is 55.1 Å². The first-order valence-electron chi connectivity index (χ1n) is 5.16. The average Bonchev–Trinajstić information content (AvgIpc) is 2.70. The lowest BCUT2D eigenvalue weighted by atomic mass is 10.1. The van der Waals surface area contributed by atoms with Crippen LogP contribution in [-0.4, -0.2) is 12.5 Å². The molecule has 0 fully saturated rings. The van der Waals surface area contributed by atoms with Gasteiger partial charge in [0, 0.05) is 11.3 Å². The lowest BCUT2D eigenvalue weighted by Gasteiger charge is -2.14. The summed E-state index contributed by atoms with van der Waals surface area (Å²) in [5, 5.41) is 4.98. The number of nitrogens with two attached hydrogens (primary N) is 1. The first-order valence-corrected chi connectivity index (χ1v) is 6.04. The molecule has 1 rings (SSSR count). The normalized spacial score (nSPS) is 14.6. The molecule has 0 saturated heterocycles. The van der Waals surface area contributed by atoms with Crippen molar-refractivity contribution in [1.29, 1.82) is 0 Å². The molecule has 0 saturated carbocycles. The molecule has 84 valence electrons. The van der Waals surface area contributed by atoms with E-state index in [1.165, 1.54) is 4.88 Å². The fraction of sp³-hybridized carbons (Fsp3) is 0.545. The monoisotopic (exact) mass is 226 g/mol. The molecule has 0 bridgehead atoms. The summed E-state index contributed by atoms with van der Waals surface area (Å²) in [4.78, 5) is 12.7. The van der Waals surface area contributed by atoms with E-state index in [4.69, 9.17) is 5.73 Å². The van der Waals surface area contributed by atoms with Gasteiger partial charge in [-0.05, 0) is 30.8 Å². The maximum absolute atomic E-state index is 11.6. The minimum Gasteiger partial charge on any atom is -0.349 e. The molecule has 1 aromatic rings. The summed E-state index contributed by atoms with van der Waals surface area (Å²) in [7, 11) is 0. The van der Waals surface area contributed by atoms with Crippen LogP contribution in [0.15, 0.2) is 17.5 Å². The Balaban J connectivity index is 2.38. The second-order valence-corrected chi connectivity index (χ2v) is 4.83. The van der Waals surface area contributed by atoms with Crippen molar-refractivity contribution in [3.8, 4) is 0 Å². The molecule has 0 radical (unpaired) electrons. The number of carbonyl (C=O) groups is 1. The number of hydrogen-bond donors (Lipinski definition) is 2. The maximum Gasteiger partial charge on any atom is 0.220 e. The number of carbonyl (C=O) groups excluding carboxylic acids is 1. The Morgan fingerprint density at radius 3 is 2.87 bits per heavy atom. The van der Waals surface area contributed by atoms with E-state index in [1.807, 2.05) is 31.4 Å². The van der Waals surface area contributed by atoms with Crippen molar-refractivity contribution >= 4 is 17.2 Å². The maximum atomic E-state index is 11.6. The smallest absolute Gasteiger partial charge is 0.220 e. The third-order valence-corrected chi connectivity index (χ3v) is 3.34. The van der Waals surface area contributed by atoms with Gasteiger partial charge in [-0.1, -0.05) is 13.0 Å². The second-order valence-electron chi connectivity index (χ2n) is 3.85. The molecule has 1 amide bonds. The Kier molecular flexibility index (Phi) is 4.78. The number of hydrogen-bond acceptors (Lipinski definition) is 3. The van der Waals surface area contributed by atoms with E-state index in [9.17, 15) is 4.79 Å². The molecule has 1 aromatic heterocycles. The quantitative estimate of drug-likeness (QED) is 0.806. The lowest BCUT2D eigenvalue weighted by molar-refractivity contribution is -0.122. The van der Waals surface area contributed by atoms with Gasteiger partial charge in [0.1, 0.15) is 0 Å². The predicted octanol–water partition coefficient (Wildman–Crippen LogP) is 1.91. The highest BCUT2D eigenvalue weighted by atomic mass is 32.1. The summed E-state index contributed by atoms with van der Waals surface area (Å²) in [5.74, 6) is 0.328. The molecule has 4 heteroatoms. The molecular weight excluding hydrogens is 208 g/mol. The van der Waals surface area contributed by atoms with E-state index < -0.39 is 0 Å². The number of thiophene rings is 1. The van der Waals surface area contributed by atoms with Crippen LogP contribution in [0.5, 0.6) is 0 Å². The fourth-order valence-electron chi connectivity index (χ4n) is 1.31. The third kappa shape index (κ3) is 4.01. The number of amides is 1. The van der Waals surface area contributed by atoms with E-state index in [1.54, 1.807) is 11.3 Å². The van der Waals surface area contributed by atoms with Crippen LogP contribution in [0, 0.1) is 5.92 Å². The summed E-state index contributed by atoms with van der Waals surface area (Å²) in [6, 6.07) is 4.12. The van der Waals surface area contributed by atoms with E-state index >= 15 is 0 Å². The van der Waals surface area contributed by atoms with Gasteiger partial charge in [0.25, 0.3) is 0 Å². The molecule has 1 heterocycles. The Labute approximate surface area is 94.7 Å². The van der Waals surface area contributed by atoms with E-state index in [-0.39, 0.29) is 17.9 Å². The molecule has 0 aliphatic heterocycles. The zero-order valence-electron chi connectivity index (χ0n) is 9.19. The summed E-state index contributed by atoms with van der Waals surface area (Å²) in [6.07, 6.45) is 0.506. The number of rotatable bonds is 5. The Hall–Kier alpha value is -0.870. The molecule has 15 heavy (non-hydrogen) atoms. The summed E-state index contributed by atoms with van der Waals surface area (Å²) >= 11 is 1.66. The Morgan fingerprint density at radius 1 is 1.60 bits per heavy atom. The van der Waals surface area contributed by atoms with Crippen LogP contribution in [0.25, 0.3) is 0 Å². The van der Waals surface area contributed by atoms with Gasteiger partial charge in [-0.25, -0.2) is 0 Å². The van der Waals surface area contributed by atoms with Crippen LogP contribution in [0.1, 0.15) is 31.2 Å². The van der Waals surface area contributed by atoms with Crippen LogP contribution in [-0.2, 0) is 4.79 Å². The molecule has 2 unspecified atom stereocenters. The molecule has 3 nitrogen and oxygen atoms in total. The van der Waals surface area contributed by atoms with Crippen molar-refractivity contribution in [1.82, 2.24) is 5.32 Å². The van der Waals surface area contributed by atoms with Crippen molar-refractivity contribution in [2.45, 2.75) is 26.3 Å². The second kappa shape index (κ2) is 5.88. The fourth-order valence-corrected chi connectivity index (χ4v) is 2.04. The van der Waals surface area contributed by atoms with E-state index in [0.717, 1.165) is 0 Å². The van der Waals surface area contributed by atoms with E-state index in [2.05, 4.69) is 5.32 Å². The van der Waals surface area contributed by atoms with Crippen molar-refractivity contribution in [2.75, 3.05) is 6.54 Å². The SMILES string of the molecule is CC(CN)CC(=O)NC(C)c1cccs1. The molecule has 2 atom stereocenters. The minimum absolute atomic E-state index is 0.0776. The first kappa shape index (κ1) is 12.2. The summed E-state index contributed by atoms with van der Waals surface area (Å²) in [5.41, 5.74) is 5.47. The van der Waals surface area contributed by atoms with E-state index in [0.29, 0.717) is 13.0 Å². The molecule has 0 aliphatic rings. The zero-order valence-corrected chi connectivity index (χ0v) is 10.0. The predicted molar refractivity (Wildman–Crippen MR) is 63.7 cm³/mol. The van der Waals surface area contributed by atoms with Gasteiger partial charge in [-0.3, -0.25) is 4.79 Å². The average molecular weight is 226 g/mol. The Bertz CT molecular complexity index is 298.